The Labute approximate surface area is 252 Å². The minimum absolute atomic E-state index is 0.258. The molecule has 0 aromatic heterocycles. The molecule has 236 valence electrons. The molecule has 0 saturated heterocycles. The normalized spacial score (nSPS) is 12.8. The maximum atomic E-state index is 13.6. The number of nitrogens with zero attached hydrogens (tertiary/aromatic N) is 2. The van der Waals surface area contributed by atoms with Crippen molar-refractivity contribution in [2.75, 3.05) is 87.6 Å². The summed E-state index contributed by atoms with van der Waals surface area (Å²) in [5.74, 6) is -0.916. The van der Waals surface area contributed by atoms with Crippen molar-refractivity contribution in [1.82, 2.24) is 0 Å². The van der Waals surface area contributed by atoms with E-state index in [9.17, 15) is 13.2 Å². The van der Waals surface area contributed by atoms with Crippen molar-refractivity contribution in [3.05, 3.63) is 59.7 Å². The Hall–Kier alpha value is -2.54. The summed E-state index contributed by atoms with van der Waals surface area (Å²) in [6.45, 7) is 6.40. The summed E-state index contributed by atoms with van der Waals surface area (Å²) in [4.78, 5) is 13.6. The monoisotopic (exact) mass is 610 g/mol. The van der Waals surface area contributed by atoms with Crippen LogP contribution in [0.5, 0.6) is 11.5 Å². The van der Waals surface area contributed by atoms with E-state index in [-0.39, 0.29) is 11.5 Å². The lowest BCUT2D eigenvalue weighted by molar-refractivity contribution is -0.890. The SMILES string of the molecule is CCCC[N+](C)(C)CCOc1ccc(C(=O)C(OC)(OC)c2ccc(OCC[N+](C)(C)CCCS(=O)(=O)O)cc2)cc1. The van der Waals surface area contributed by atoms with Crippen molar-refractivity contribution < 1.29 is 45.7 Å². The van der Waals surface area contributed by atoms with Crippen molar-refractivity contribution >= 4 is 15.9 Å². The van der Waals surface area contributed by atoms with Gasteiger partial charge in [-0.25, -0.2) is 0 Å². The minimum atomic E-state index is -3.96. The number of Topliss-reactive ketones (excluding diaryl/α,β-unsaturated/α-hetero) is 1. The average Bonchev–Trinajstić information content (AvgIpc) is 2.93. The zero-order chi connectivity index (χ0) is 31.4. The Morgan fingerprint density at radius 1 is 0.762 bits per heavy atom. The zero-order valence-electron chi connectivity index (χ0n) is 26.3. The van der Waals surface area contributed by atoms with Crippen molar-refractivity contribution in [2.45, 2.75) is 32.0 Å². The molecule has 0 aliphatic rings. The molecule has 0 bridgehead atoms. The van der Waals surface area contributed by atoms with Crippen LogP contribution in [0.25, 0.3) is 0 Å². The van der Waals surface area contributed by atoms with Crippen molar-refractivity contribution in [3.8, 4) is 11.5 Å². The average molecular weight is 611 g/mol. The number of hydrogen-bond donors (Lipinski definition) is 1. The number of rotatable bonds is 20. The van der Waals surface area contributed by atoms with Crippen LogP contribution in [0.1, 0.15) is 42.1 Å². The number of quaternary nitrogens is 2. The number of likely N-dealkylation sites (N-methyl/N-ethyl adjacent to an activating group) is 2. The summed E-state index contributed by atoms with van der Waals surface area (Å²) >= 11 is 0. The summed E-state index contributed by atoms with van der Waals surface area (Å²) in [5.41, 5.74) is 0.956. The fraction of sp³-hybridized carbons (Fsp3) is 0.581. The topological polar surface area (TPSA) is 108 Å². The highest BCUT2D eigenvalue weighted by Crippen LogP contribution is 2.32. The third-order valence-electron chi connectivity index (χ3n) is 7.44. The molecule has 1 N–H and O–H groups in total. The molecule has 0 unspecified atom stereocenters. The van der Waals surface area contributed by atoms with Crippen LogP contribution >= 0.6 is 0 Å². The largest absolute Gasteiger partial charge is 0.488 e. The van der Waals surface area contributed by atoms with E-state index in [2.05, 4.69) is 21.0 Å². The highest BCUT2D eigenvalue weighted by molar-refractivity contribution is 7.85. The third kappa shape index (κ3) is 11.3. The van der Waals surface area contributed by atoms with E-state index < -0.39 is 15.9 Å². The number of carbonyl (C=O) groups is 1. The Morgan fingerprint density at radius 2 is 1.21 bits per heavy atom. The molecule has 0 radical (unpaired) electrons. The van der Waals surface area contributed by atoms with Gasteiger partial charge in [0.1, 0.15) is 37.8 Å². The van der Waals surface area contributed by atoms with E-state index in [1.54, 1.807) is 48.5 Å². The van der Waals surface area contributed by atoms with Crippen molar-refractivity contribution in [1.29, 1.82) is 0 Å². The molecule has 0 fully saturated rings. The lowest BCUT2D eigenvalue weighted by Crippen LogP contribution is -2.44. The molecule has 0 amide bonds. The maximum Gasteiger partial charge on any atom is 0.265 e. The molecule has 0 aliphatic carbocycles. The summed E-state index contributed by atoms with van der Waals surface area (Å²) in [6, 6.07) is 14.0. The van der Waals surface area contributed by atoms with Gasteiger partial charge in [0.2, 0.25) is 5.78 Å². The Morgan fingerprint density at radius 3 is 1.64 bits per heavy atom. The number of methoxy groups -OCH3 is 2. The summed E-state index contributed by atoms with van der Waals surface area (Å²) in [5, 5.41) is 0. The van der Waals surface area contributed by atoms with Gasteiger partial charge in [0.15, 0.2) is 0 Å². The predicted molar refractivity (Wildman–Crippen MR) is 164 cm³/mol. The van der Waals surface area contributed by atoms with Crippen LogP contribution in [0.2, 0.25) is 0 Å². The van der Waals surface area contributed by atoms with E-state index in [1.165, 1.54) is 27.1 Å². The molecule has 0 aliphatic heterocycles. The minimum Gasteiger partial charge on any atom is -0.488 e. The third-order valence-corrected chi connectivity index (χ3v) is 8.24. The van der Waals surface area contributed by atoms with Gasteiger partial charge in [-0.2, -0.15) is 8.42 Å². The molecule has 0 heterocycles. The summed E-state index contributed by atoms with van der Waals surface area (Å²) in [6.07, 6.45) is 2.71. The molecule has 11 heteroatoms. The van der Waals surface area contributed by atoms with Crippen LogP contribution in [0.4, 0.5) is 0 Å². The van der Waals surface area contributed by atoms with Crippen LogP contribution in [0, 0.1) is 0 Å². The molecule has 10 nitrogen and oxygen atoms in total. The fourth-order valence-electron chi connectivity index (χ4n) is 4.60. The molecule has 2 aromatic carbocycles. The van der Waals surface area contributed by atoms with Gasteiger partial charge >= 0.3 is 0 Å². The molecule has 0 saturated carbocycles. The number of benzene rings is 2. The first-order valence-corrected chi connectivity index (χ1v) is 16.0. The second-order valence-corrected chi connectivity index (χ2v) is 13.4. The molecule has 2 aromatic rings. The van der Waals surface area contributed by atoms with E-state index >= 15 is 0 Å². The Bertz CT molecular complexity index is 1210. The second kappa shape index (κ2) is 15.8. The van der Waals surface area contributed by atoms with Gasteiger partial charge in [0, 0.05) is 31.8 Å². The van der Waals surface area contributed by atoms with Gasteiger partial charge in [-0.3, -0.25) is 9.35 Å². The van der Waals surface area contributed by atoms with Crippen LogP contribution in [0.15, 0.2) is 48.5 Å². The highest BCUT2D eigenvalue weighted by Gasteiger charge is 2.41. The molecule has 0 atom stereocenters. The lowest BCUT2D eigenvalue weighted by atomic mass is 9.95. The Balaban J connectivity index is 2.00. The van der Waals surface area contributed by atoms with Gasteiger partial charge in [-0.05, 0) is 55.0 Å². The number of ether oxygens (including phenoxy) is 4. The first-order chi connectivity index (χ1) is 19.7. The number of hydrogen-bond acceptors (Lipinski definition) is 7. The lowest BCUT2D eigenvalue weighted by Gasteiger charge is -2.30. The molecule has 42 heavy (non-hydrogen) atoms. The quantitative estimate of drug-likeness (QED) is 0.104. The van der Waals surface area contributed by atoms with E-state index in [0.29, 0.717) is 59.8 Å². The Kier molecular flexibility index (Phi) is 13.4. The van der Waals surface area contributed by atoms with E-state index in [4.69, 9.17) is 23.5 Å². The maximum absolute atomic E-state index is 13.6. The standard InChI is InChI=1S/C31H49N2O8S/c1-8-9-19-32(2,3)21-23-40-28-15-11-26(12-16-28)30(34)31(38-6,39-7)27-13-17-29(18-14-27)41-24-22-33(4,5)20-10-25-42(35,36)37/h11-18H,8-10,19-25H2,1-7H3/q+1/p+1. The van der Waals surface area contributed by atoms with Gasteiger partial charge in [0.25, 0.3) is 15.9 Å². The molecular formula is C31H50N2O8S+2. The van der Waals surface area contributed by atoms with Gasteiger partial charge < -0.3 is 27.9 Å². The number of ketones is 1. The van der Waals surface area contributed by atoms with Crippen molar-refractivity contribution in [2.24, 2.45) is 0 Å². The molecule has 2 rings (SSSR count). The first kappa shape index (κ1) is 35.7. The summed E-state index contributed by atoms with van der Waals surface area (Å²) in [7, 11) is 7.26. The second-order valence-electron chi connectivity index (χ2n) is 11.9. The van der Waals surface area contributed by atoms with Crippen LogP contribution < -0.4 is 9.47 Å². The van der Waals surface area contributed by atoms with Crippen molar-refractivity contribution in [3.63, 3.8) is 0 Å². The van der Waals surface area contributed by atoms with Gasteiger partial charge in [-0.15, -0.1) is 0 Å². The van der Waals surface area contributed by atoms with Crippen LogP contribution in [0.3, 0.4) is 0 Å². The van der Waals surface area contributed by atoms with E-state index in [1.807, 2.05) is 14.1 Å². The number of unbranched alkanes of at least 4 members (excludes halogenated alkanes) is 1. The fourth-order valence-corrected chi connectivity index (χ4v) is 5.10. The van der Waals surface area contributed by atoms with Crippen LogP contribution in [-0.2, 0) is 25.4 Å². The van der Waals surface area contributed by atoms with E-state index in [0.717, 1.165) is 17.6 Å². The predicted octanol–water partition coefficient (Wildman–Crippen LogP) is 4.00. The first-order valence-electron chi connectivity index (χ1n) is 14.4. The summed E-state index contributed by atoms with van der Waals surface area (Å²) < 4.78 is 55.5. The number of carbonyl (C=O) groups excluding carboxylic acids is 1. The highest BCUT2D eigenvalue weighted by atomic mass is 32.2. The smallest absolute Gasteiger partial charge is 0.265 e. The molecule has 0 spiro atoms. The van der Waals surface area contributed by atoms with Gasteiger partial charge in [-0.1, -0.05) is 13.3 Å². The zero-order valence-corrected chi connectivity index (χ0v) is 27.1. The van der Waals surface area contributed by atoms with Crippen LogP contribution in [-0.4, -0.2) is 115 Å². The molecular weight excluding hydrogens is 560 g/mol. The van der Waals surface area contributed by atoms with Gasteiger partial charge in [0.05, 0.1) is 47.0 Å².